The van der Waals surface area contributed by atoms with Crippen LogP contribution in [0.15, 0.2) is 0 Å². The summed E-state index contributed by atoms with van der Waals surface area (Å²) < 4.78 is 4.88. The van der Waals surface area contributed by atoms with Crippen LogP contribution in [0.1, 0.15) is 6.42 Å². The fraction of sp³-hybridized carbons (Fsp3) is 0.833. The van der Waals surface area contributed by atoms with Gasteiger partial charge in [-0.25, -0.2) is 0 Å². The molecule has 3 nitrogen and oxygen atoms in total. The number of nitrogens with one attached hydrogen (secondary N) is 1. The van der Waals surface area contributed by atoms with Gasteiger partial charge in [0.25, 0.3) is 0 Å². The molecule has 1 atom stereocenters. The van der Waals surface area contributed by atoms with Gasteiger partial charge < -0.3 is 10.1 Å². The highest BCUT2D eigenvalue weighted by molar-refractivity contribution is 5.78. The lowest BCUT2D eigenvalue weighted by atomic mass is 10.1. The molecule has 1 fully saturated rings. The first-order chi connectivity index (χ1) is 4.33. The van der Waals surface area contributed by atoms with Gasteiger partial charge in [0, 0.05) is 26.0 Å². The van der Waals surface area contributed by atoms with E-state index in [2.05, 4.69) is 5.32 Å². The Morgan fingerprint density at radius 1 is 1.89 bits per heavy atom. The van der Waals surface area contributed by atoms with E-state index in [-0.39, 0.29) is 5.91 Å². The predicted molar refractivity (Wildman–Crippen MR) is 33.0 cm³/mol. The molecule has 1 amide bonds. The molecule has 0 radical (unpaired) electrons. The zero-order valence-electron chi connectivity index (χ0n) is 5.52. The minimum atomic E-state index is 0.150. The standard InChI is InChI=1S/C6H11NO2/c1-9-4-5-2-6(8)7-3-5/h5H,2-4H2,1H3,(H,7,8)/t5-/m1/s1. The molecule has 0 aliphatic carbocycles. The third kappa shape index (κ3) is 1.68. The second kappa shape index (κ2) is 2.82. The van der Waals surface area contributed by atoms with E-state index in [1.807, 2.05) is 0 Å². The zero-order chi connectivity index (χ0) is 6.69. The van der Waals surface area contributed by atoms with Gasteiger partial charge >= 0.3 is 0 Å². The van der Waals surface area contributed by atoms with E-state index in [1.54, 1.807) is 7.11 Å². The summed E-state index contributed by atoms with van der Waals surface area (Å²) in [6, 6.07) is 0. The summed E-state index contributed by atoms with van der Waals surface area (Å²) in [4.78, 5) is 10.6. The van der Waals surface area contributed by atoms with Crippen LogP contribution in [0.25, 0.3) is 0 Å². The summed E-state index contributed by atoms with van der Waals surface area (Å²) in [5.74, 6) is 0.555. The molecule has 1 saturated heterocycles. The molecule has 1 rings (SSSR count). The summed E-state index contributed by atoms with van der Waals surface area (Å²) in [6.07, 6.45) is 0.633. The third-order valence-electron chi connectivity index (χ3n) is 1.46. The lowest BCUT2D eigenvalue weighted by Gasteiger charge is -2.02. The number of carbonyl (C=O) groups is 1. The van der Waals surface area contributed by atoms with Crippen LogP contribution in [0.4, 0.5) is 0 Å². The van der Waals surface area contributed by atoms with Crippen molar-refractivity contribution < 1.29 is 9.53 Å². The molecule has 0 aromatic carbocycles. The fourth-order valence-corrected chi connectivity index (χ4v) is 1.02. The maximum Gasteiger partial charge on any atom is 0.220 e. The van der Waals surface area contributed by atoms with Crippen molar-refractivity contribution in [1.29, 1.82) is 0 Å². The summed E-state index contributed by atoms with van der Waals surface area (Å²) >= 11 is 0. The number of methoxy groups -OCH3 is 1. The van der Waals surface area contributed by atoms with E-state index >= 15 is 0 Å². The van der Waals surface area contributed by atoms with Gasteiger partial charge in [-0.2, -0.15) is 0 Å². The topological polar surface area (TPSA) is 38.3 Å². The monoisotopic (exact) mass is 129 g/mol. The highest BCUT2D eigenvalue weighted by atomic mass is 16.5. The number of hydrogen-bond donors (Lipinski definition) is 1. The molecule has 0 spiro atoms. The largest absolute Gasteiger partial charge is 0.384 e. The Kier molecular flexibility index (Phi) is 2.05. The van der Waals surface area contributed by atoms with Crippen molar-refractivity contribution in [2.24, 2.45) is 5.92 Å². The van der Waals surface area contributed by atoms with E-state index < -0.39 is 0 Å². The van der Waals surface area contributed by atoms with Crippen molar-refractivity contribution in [3.63, 3.8) is 0 Å². The van der Waals surface area contributed by atoms with Gasteiger partial charge in [-0.1, -0.05) is 0 Å². The van der Waals surface area contributed by atoms with Gasteiger partial charge in [0.05, 0.1) is 6.61 Å². The predicted octanol–water partition coefficient (Wildman–Crippen LogP) is -0.231. The van der Waals surface area contributed by atoms with Crippen molar-refractivity contribution in [3.8, 4) is 0 Å². The van der Waals surface area contributed by atoms with Gasteiger partial charge in [-0.3, -0.25) is 4.79 Å². The smallest absolute Gasteiger partial charge is 0.220 e. The van der Waals surface area contributed by atoms with Gasteiger partial charge in [0.15, 0.2) is 0 Å². The molecule has 3 heteroatoms. The Hall–Kier alpha value is -0.570. The molecule has 0 saturated carbocycles. The quantitative estimate of drug-likeness (QED) is 0.559. The van der Waals surface area contributed by atoms with Crippen LogP contribution < -0.4 is 5.32 Å². The Morgan fingerprint density at radius 2 is 2.67 bits per heavy atom. The van der Waals surface area contributed by atoms with E-state index in [0.29, 0.717) is 18.9 Å². The Bertz CT molecular complexity index is 114. The molecule has 1 aliphatic rings. The molecule has 1 aliphatic heterocycles. The second-order valence-corrected chi connectivity index (χ2v) is 2.33. The molecule has 52 valence electrons. The van der Waals surface area contributed by atoms with Gasteiger partial charge in [-0.05, 0) is 0 Å². The molecular formula is C6H11NO2. The summed E-state index contributed by atoms with van der Waals surface area (Å²) in [5.41, 5.74) is 0. The van der Waals surface area contributed by atoms with Crippen molar-refractivity contribution in [2.75, 3.05) is 20.3 Å². The molecule has 9 heavy (non-hydrogen) atoms. The molecule has 1 N–H and O–H groups in total. The number of rotatable bonds is 2. The normalized spacial score (nSPS) is 26.3. The average molecular weight is 129 g/mol. The Balaban J connectivity index is 2.22. The average Bonchev–Trinajstić information content (AvgIpc) is 2.17. The first-order valence-corrected chi connectivity index (χ1v) is 3.08. The van der Waals surface area contributed by atoms with Crippen LogP contribution >= 0.6 is 0 Å². The first-order valence-electron chi connectivity index (χ1n) is 3.08. The van der Waals surface area contributed by atoms with Crippen LogP contribution in [0.3, 0.4) is 0 Å². The number of amides is 1. The zero-order valence-corrected chi connectivity index (χ0v) is 5.52. The highest BCUT2D eigenvalue weighted by Gasteiger charge is 2.20. The minimum Gasteiger partial charge on any atom is -0.384 e. The lowest BCUT2D eigenvalue weighted by molar-refractivity contribution is -0.119. The molecule has 1 heterocycles. The van der Waals surface area contributed by atoms with Gasteiger partial charge in [0.2, 0.25) is 5.91 Å². The summed E-state index contributed by atoms with van der Waals surface area (Å²) in [5, 5.41) is 2.74. The van der Waals surface area contributed by atoms with E-state index in [1.165, 1.54) is 0 Å². The van der Waals surface area contributed by atoms with Crippen LogP contribution in [-0.2, 0) is 9.53 Å². The maximum atomic E-state index is 10.6. The number of carbonyl (C=O) groups excluding carboxylic acids is 1. The first kappa shape index (κ1) is 6.55. The van der Waals surface area contributed by atoms with E-state index in [4.69, 9.17) is 4.74 Å². The summed E-state index contributed by atoms with van der Waals surface area (Å²) in [6.45, 7) is 1.48. The van der Waals surface area contributed by atoms with Crippen LogP contribution in [0, 0.1) is 5.92 Å². The van der Waals surface area contributed by atoms with Crippen LogP contribution in [0.2, 0.25) is 0 Å². The van der Waals surface area contributed by atoms with Gasteiger partial charge in [0.1, 0.15) is 0 Å². The van der Waals surface area contributed by atoms with E-state index in [0.717, 1.165) is 6.54 Å². The van der Waals surface area contributed by atoms with Crippen molar-refractivity contribution in [1.82, 2.24) is 5.32 Å². The fourth-order valence-electron chi connectivity index (χ4n) is 1.02. The maximum absolute atomic E-state index is 10.6. The number of ether oxygens (including phenoxy) is 1. The number of hydrogen-bond acceptors (Lipinski definition) is 2. The molecule has 0 aromatic heterocycles. The molecular weight excluding hydrogens is 118 g/mol. The Labute approximate surface area is 54.4 Å². The van der Waals surface area contributed by atoms with Gasteiger partial charge in [-0.15, -0.1) is 0 Å². The van der Waals surface area contributed by atoms with Crippen LogP contribution in [-0.4, -0.2) is 26.2 Å². The second-order valence-electron chi connectivity index (χ2n) is 2.33. The van der Waals surface area contributed by atoms with Crippen molar-refractivity contribution >= 4 is 5.91 Å². The highest BCUT2D eigenvalue weighted by Crippen LogP contribution is 2.07. The minimum absolute atomic E-state index is 0.150. The lowest BCUT2D eigenvalue weighted by Crippen LogP contribution is -2.15. The molecule has 0 aromatic rings. The van der Waals surface area contributed by atoms with Crippen molar-refractivity contribution in [3.05, 3.63) is 0 Å². The third-order valence-corrected chi connectivity index (χ3v) is 1.46. The summed E-state index contributed by atoms with van der Waals surface area (Å²) in [7, 11) is 1.66. The Morgan fingerprint density at radius 3 is 3.11 bits per heavy atom. The van der Waals surface area contributed by atoms with Crippen molar-refractivity contribution in [2.45, 2.75) is 6.42 Å². The molecule has 0 bridgehead atoms. The SMILES string of the molecule is COC[C@H]1CNC(=O)C1. The van der Waals surface area contributed by atoms with E-state index in [9.17, 15) is 4.79 Å². The molecule has 0 unspecified atom stereocenters. The van der Waals surface area contributed by atoms with Crippen LogP contribution in [0.5, 0.6) is 0 Å².